The largest absolute Gasteiger partial charge is 0.390 e. The number of nitrogens with zero attached hydrogens (tertiary/aromatic N) is 5. The third-order valence-corrected chi connectivity index (χ3v) is 6.25. The van der Waals surface area contributed by atoms with E-state index in [1.165, 1.54) is 12.1 Å². The fourth-order valence-electron chi connectivity index (χ4n) is 4.44. The van der Waals surface area contributed by atoms with E-state index in [0.717, 1.165) is 11.1 Å². The zero-order chi connectivity index (χ0) is 25.5. The molecule has 4 rings (SSSR count). The number of halogens is 1. The monoisotopic (exact) mass is 481 g/mol. The van der Waals surface area contributed by atoms with Gasteiger partial charge in [0.25, 0.3) is 5.91 Å². The fraction of sp³-hybridized carbons (Fsp3) is 0.462. The number of piperazine rings is 1. The lowest BCUT2D eigenvalue weighted by Gasteiger charge is -2.40. The zero-order valence-electron chi connectivity index (χ0n) is 20.8. The third kappa shape index (κ3) is 5.35. The van der Waals surface area contributed by atoms with Crippen molar-refractivity contribution in [3.05, 3.63) is 53.6 Å². The summed E-state index contributed by atoms with van der Waals surface area (Å²) >= 11 is 0. The smallest absolute Gasteiger partial charge is 0.274 e. The highest BCUT2D eigenvalue weighted by atomic mass is 19.1. The summed E-state index contributed by atoms with van der Waals surface area (Å²) in [6.07, 6.45) is 1.67. The second kappa shape index (κ2) is 9.37. The second-order valence-corrected chi connectivity index (χ2v) is 10.2. The molecule has 3 heterocycles. The summed E-state index contributed by atoms with van der Waals surface area (Å²) in [5.74, 6) is -0.514. The van der Waals surface area contributed by atoms with Crippen molar-refractivity contribution < 1.29 is 19.1 Å². The summed E-state index contributed by atoms with van der Waals surface area (Å²) < 4.78 is 15.0. The van der Waals surface area contributed by atoms with Gasteiger partial charge in [-0.25, -0.2) is 13.9 Å². The predicted molar refractivity (Wildman–Crippen MR) is 130 cm³/mol. The summed E-state index contributed by atoms with van der Waals surface area (Å²) in [5, 5.41) is 14.6. The average molecular weight is 482 g/mol. The quantitative estimate of drug-likeness (QED) is 0.602. The van der Waals surface area contributed by atoms with E-state index in [-0.39, 0.29) is 36.0 Å². The van der Waals surface area contributed by atoms with Gasteiger partial charge in [0, 0.05) is 36.8 Å². The molecule has 0 bridgehead atoms. The lowest BCUT2D eigenvalue weighted by atomic mass is 10.0. The Bertz CT molecular complexity index is 1250. The number of carbonyl (C=O) groups excluding carboxylic acids is 2. The van der Waals surface area contributed by atoms with Crippen LogP contribution in [0.4, 0.5) is 4.39 Å². The van der Waals surface area contributed by atoms with Crippen molar-refractivity contribution in [2.75, 3.05) is 19.6 Å². The van der Waals surface area contributed by atoms with E-state index in [1.807, 2.05) is 26.8 Å². The van der Waals surface area contributed by atoms with Gasteiger partial charge in [0.15, 0.2) is 5.65 Å². The van der Waals surface area contributed by atoms with Crippen LogP contribution in [0.25, 0.3) is 16.9 Å². The molecule has 3 aromatic rings. The van der Waals surface area contributed by atoms with Crippen molar-refractivity contribution in [2.24, 2.45) is 0 Å². The molecule has 0 radical (unpaired) electrons. The topological polar surface area (TPSA) is 91.0 Å². The Morgan fingerprint density at radius 2 is 1.89 bits per heavy atom. The number of aliphatic hydroxyl groups is 1. The highest BCUT2D eigenvalue weighted by molar-refractivity contribution is 5.93. The number of carbonyl (C=O) groups is 2. The van der Waals surface area contributed by atoms with Crippen LogP contribution in [0.15, 0.2) is 36.5 Å². The fourth-order valence-corrected chi connectivity index (χ4v) is 4.44. The first-order valence-electron chi connectivity index (χ1n) is 11.9. The van der Waals surface area contributed by atoms with Crippen molar-refractivity contribution in [2.45, 2.75) is 58.6 Å². The maximum Gasteiger partial charge on any atom is 0.274 e. The molecular weight excluding hydrogens is 449 g/mol. The van der Waals surface area contributed by atoms with Crippen molar-refractivity contribution in [3.8, 4) is 11.3 Å². The molecule has 0 spiro atoms. The molecule has 2 amide bonds. The number of imidazole rings is 1. The Hall–Kier alpha value is -3.33. The molecule has 1 unspecified atom stereocenters. The van der Waals surface area contributed by atoms with Crippen molar-refractivity contribution in [1.29, 1.82) is 0 Å². The Kier molecular flexibility index (Phi) is 6.64. The molecule has 1 saturated heterocycles. The van der Waals surface area contributed by atoms with Crippen molar-refractivity contribution in [1.82, 2.24) is 24.4 Å². The van der Waals surface area contributed by atoms with Gasteiger partial charge >= 0.3 is 0 Å². The number of fused-ring (bicyclic) bond motifs is 1. The molecular formula is C26H32FN5O3. The summed E-state index contributed by atoms with van der Waals surface area (Å²) in [7, 11) is 0. The first kappa shape index (κ1) is 24.8. The molecule has 1 atom stereocenters. The van der Waals surface area contributed by atoms with Crippen molar-refractivity contribution >= 4 is 17.5 Å². The maximum atomic E-state index is 13.4. The predicted octanol–water partition coefficient (Wildman–Crippen LogP) is 3.49. The van der Waals surface area contributed by atoms with Crippen molar-refractivity contribution in [3.63, 3.8) is 0 Å². The maximum absolute atomic E-state index is 13.4. The van der Waals surface area contributed by atoms with E-state index in [1.54, 1.807) is 46.5 Å². The van der Waals surface area contributed by atoms with Crippen LogP contribution in [-0.4, -0.2) is 72.6 Å². The minimum Gasteiger partial charge on any atom is -0.390 e. The van der Waals surface area contributed by atoms with E-state index < -0.39 is 5.60 Å². The second-order valence-electron chi connectivity index (χ2n) is 10.2. The Balaban J connectivity index is 1.58. The van der Waals surface area contributed by atoms with Gasteiger partial charge in [-0.2, -0.15) is 5.10 Å². The Morgan fingerprint density at radius 1 is 1.20 bits per heavy atom. The van der Waals surface area contributed by atoms with E-state index in [2.05, 4.69) is 10.1 Å². The molecule has 2 aromatic heterocycles. The van der Waals surface area contributed by atoms with Crippen LogP contribution in [0.2, 0.25) is 0 Å². The molecule has 1 N–H and O–H groups in total. The zero-order valence-corrected chi connectivity index (χ0v) is 20.8. The van der Waals surface area contributed by atoms with Crippen LogP contribution in [0.3, 0.4) is 0 Å². The van der Waals surface area contributed by atoms with E-state index in [0.29, 0.717) is 36.7 Å². The molecule has 186 valence electrons. The van der Waals surface area contributed by atoms with Crippen LogP contribution >= 0.6 is 0 Å². The van der Waals surface area contributed by atoms with Gasteiger partial charge < -0.3 is 14.9 Å². The minimum atomic E-state index is -1.08. The normalized spacial score (nSPS) is 16.9. The lowest BCUT2D eigenvalue weighted by Crippen LogP contribution is -2.56. The molecule has 9 heteroatoms. The number of amides is 2. The number of hydrogen-bond donors (Lipinski definition) is 1. The highest BCUT2D eigenvalue weighted by Gasteiger charge is 2.33. The van der Waals surface area contributed by atoms with Gasteiger partial charge in [-0.3, -0.25) is 9.59 Å². The lowest BCUT2D eigenvalue weighted by molar-refractivity contribution is -0.139. The van der Waals surface area contributed by atoms with Gasteiger partial charge in [-0.15, -0.1) is 0 Å². The molecule has 35 heavy (non-hydrogen) atoms. The van der Waals surface area contributed by atoms with Gasteiger partial charge in [-0.1, -0.05) is 13.8 Å². The van der Waals surface area contributed by atoms with Gasteiger partial charge in [0.1, 0.15) is 11.5 Å². The van der Waals surface area contributed by atoms with Crippen LogP contribution in [0.5, 0.6) is 0 Å². The summed E-state index contributed by atoms with van der Waals surface area (Å²) in [5.41, 5.74) is 2.21. The summed E-state index contributed by atoms with van der Waals surface area (Å²) in [4.78, 5) is 34.0. The van der Waals surface area contributed by atoms with Crippen LogP contribution in [0.1, 0.15) is 63.0 Å². The SMILES string of the molecule is CC(C)c1cc(-c2ccc(F)cc2)nn2cc(C(=O)N3CCN(C(=O)CC(C)(C)O)C(C)C3)nc12. The van der Waals surface area contributed by atoms with Crippen LogP contribution in [0, 0.1) is 5.82 Å². The van der Waals surface area contributed by atoms with E-state index in [4.69, 9.17) is 0 Å². The number of benzene rings is 1. The molecule has 8 nitrogen and oxygen atoms in total. The van der Waals surface area contributed by atoms with Gasteiger partial charge in [0.05, 0.1) is 23.9 Å². The number of rotatable bonds is 5. The molecule has 0 saturated carbocycles. The molecule has 0 aliphatic carbocycles. The number of hydrogen-bond acceptors (Lipinski definition) is 5. The first-order valence-corrected chi connectivity index (χ1v) is 11.9. The van der Waals surface area contributed by atoms with E-state index in [9.17, 15) is 19.1 Å². The van der Waals surface area contributed by atoms with E-state index >= 15 is 0 Å². The van der Waals surface area contributed by atoms with Crippen LogP contribution < -0.4 is 0 Å². The molecule has 1 fully saturated rings. The minimum absolute atomic E-state index is 0.0394. The highest BCUT2D eigenvalue weighted by Crippen LogP contribution is 2.26. The summed E-state index contributed by atoms with van der Waals surface area (Å²) in [6.45, 7) is 10.4. The number of aromatic nitrogens is 3. The first-order chi connectivity index (χ1) is 16.4. The summed E-state index contributed by atoms with van der Waals surface area (Å²) in [6, 6.07) is 7.91. The van der Waals surface area contributed by atoms with Gasteiger partial charge in [0.2, 0.25) is 5.91 Å². The molecule has 1 aliphatic heterocycles. The third-order valence-electron chi connectivity index (χ3n) is 6.25. The average Bonchev–Trinajstić information content (AvgIpc) is 3.21. The Morgan fingerprint density at radius 3 is 2.49 bits per heavy atom. The Labute approximate surface area is 204 Å². The molecule has 1 aliphatic rings. The van der Waals surface area contributed by atoms with Gasteiger partial charge in [-0.05, 0) is 57.0 Å². The standard InChI is InChI=1S/C26H32FN5O3/c1-16(2)20-12-21(18-6-8-19(27)9-7-18)29-32-15-22(28-24(20)32)25(34)30-10-11-31(17(3)14-30)23(33)13-26(4,5)35/h6-9,12,15-17,35H,10-11,13-14H2,1-5H3. The molecule has 1 aromatic carbocycles. The van der Waals surface area contributed by atoms with Crippen LogP contribution in [-0.2, 0) is 4.79 Å².